The average Bonchev–Trinajstić information content (AvgIpc) is 2.37. The topological polar surface area (TPSA) is 29.5 Å². The molecule has 2 rings (SSSR count). The molecule has 0 spiro atoms. The number of benzene rings is 2. The monoisotopic (exact) mass is 342 g/mol. The molecule has 0 aliphatic heterocycles. The molecule has 2 aromatic rings. The van der Waals surface area contributed by atoms with Gasteiger partial charge in [0.25, 0.3) is 0 Å². The maximum Gasteiger partial charge on any atom is 0.133 e. The maximum absolute atomic E-state index is 13.9. The first-order valence-electron chi connectivity index (χ1n) is 5.91. The van der Waals surface area contributed by atoms with Crippen molar-refractivity contribution in [2.24, 2.45) is 0 Å². The van der Waals surface area contributed by atoms with Crippen LogP contribution < -0.4 is 4.74 Å². The minimum Gasteiger partial charge on any atom is -0.497 e. The second kappa shape index (κ2) is 5.89. The lowest BCUT2D eigenvalue weighted by atomic mass is 9.96. The Labute approximate surface area is 124 Å². The third-order valence-corrected chi connectivity index (χ3v) is 3.55. The van der Waals surface area contributed by atoms with Crippen LogP contribution >= 0.6 is 15.9 Å². The zero-order valence-electron chi connectivity index (χ0n) is 11.0. The highest BCUT2D eigenvalue weighted by molar-refractivity contribution is 9.10. The largest absolute Gasteiger partial charge is 0.497 e. The molecule has 0 fully saturated rings. The van der Waals surface area contributed by atoms with Gasteiger partial charge in [-0.2, -0.15) is 0 Å². The van der Waals surface area contributed by atoms with E-state index in [0.717, 1.165) is 12.1 Å². The van der Waals surface area contributed by atoms with Gasteiger partial charge in [0.2, 0.25) is 0 Å². The molecular formula is C15H13BrF2O2. The van der Waals surface area contributed by atoms with Crippen LogP contribution in [-0.4, -0.2) is 12.2 Å². The molecule has 0 aliphatic rings. The van der Waals surface area contributed by atoms with Gasteiger partial charge in [0.15, 0.2) is 0 Å². The van der Waals surface area contributed by atoms with Crippen LogP contribution in [0.2, 0.25) is 0 Å². The number of aryl methyl sites for hydroxylation is 1. The molecule has 1 N–H and O–H groups in total. The zero-order chi connectivity index (χ0) is 14.9. The van der Waals surface area contributed by atoms with E-state index in [0.29, 0.717) is 16.9 Å². The summed E-state index contributed by atoms with van der Waals surface area (Å²) in [7, 11) is 1.53. The smallest absolute Gasteiger partial charge is 0.133 e. The third kappa shape index (κ3) is 2.83. The fourth-order valence-electron chi connectivity index (χ4n) is 2.05. The summed E-state index contributed by atoms with van der Waals surface area (Å²) in [6.07, 6.45) is -1.37. The number of ether oxygens (including phenoxy) is 1. The van der Waals surface area contributed by atoms with Crippen molar-refractivity contribution in [3.8, 4) is 5.75 Å². The lowest BCUT2D eigenvalue weighted by Gasteiger charge is -2.16. The van der Waals surface area contributed by atoms with Crippen molar-refractivity contribution in [1.29, 1.82) is 0 Å². The van der Waals surface area contributed by atoms with E-state index < -0.39 is 17.7 Å². The van der Waals surface area contributed by atoms with Crippen LogP contribution in [0.15, 0.2) is 34.8 Å². The number of aliphatic hydroxyl groups is 1. The second-order valence-electron chi connectivity index (χ2n) is 4.41. The Balaban J connectivity index is 2.49. The quantitative estimate of drug-likeness (QED) is 0.908. The van der Waals surface area contributed by atoms with Crippen LogP contribution in [0.1, 0.15) is 22.8 Å². The van der Waals surface area contributed by atoms with E-state index in [1.165, 1.54) is 7.11 Å². The van der Waals surface area contributed by atoms with Crippen molar-refractivity contribution in [3.05, 3.63) is 63.1 Å². The normalized spacial score (nSPS) is 12.3. The molecule has 5 heteroatoms. The van der Waals surface area contributed by atoms with Crippen molar-refractivity contribution in [3.63, 3.8) is 0 Å². The van der Waals surface area contributed by atoms with Gasteiger partial charge in [-0.05, 0) is 42.3 Å². The summed E-state index contributed by atoms with van der Waals surface area (Å²) in [5.41, 5.74) is 0.769. The molecule has 1 unspecified atom stereocenters. The summed E-state index contributed by atoms with van der Waals surface area (Å²) in [5, 5.41) is 10.3. The summed E-state index contributed by atoms with van der Waals surface area (Å²) >= 11 is 3.01. The molecule has 2 nitrogen and oxygen atoms in total. The summed E-state index contributed by atoms with van der Waals surface area (Å²) in [4.78, 5) is 0. The Morgan fingerprint density at radius 1 is 1.15 bits per heavy atom. The molecule has 20 heavy (non-hydrogen) atoms. The van der Waals surface area contributed by atoms with Gasteiger partial charge in [-0.25, -0.2) is 8.78 Å². The number of rotatable bonds is 3. The first-order valence-corrected chi connectivity index (χ1v) is 6.70. The molecule has 0 amide bonds. The van der Waals surface area contributed by atoms with Gasteiger partial charge in [0, 0.05) is 4.47 Å². The number of aliphatic hydroxyl groups excluding tert-OH is 1. The SMILES string of the molecule is COc1ccc(C(O)c2c(F)cc(Br)cc2F)c(C)c1. The fraction of sp³-hybridized carbons (Fsp3) is 0.200. The van der Waals surface area contributed by atoms with E-state index in [1.54, 1.807) is 25.1 Å². The Kier molecular flexibility index (Phi) is 4.40. The Morgan fingerprint density at radius 2 is 1.75 bits per heavy atom. The van der Waals surface area contributed by atoms with Gasteiger partial charge in [-0.1, -0.05) is 22.0 Å². The number of methoxy groups -OCH3 is 1. The average molecular weight is 343 g/mol. The van der Waals surface area contributed by atoms with E-state index in [-0.39, 0.29) is 10.0 Å². The molecule has 1 atom stereocenters. The fourth-order valence-corrected chi connectivity index (χ4v) is 2.45. The highest BCUT2D eigenvalue weighted by atomic mass is 79.9. The molecule has 2 aromatic carbocycles. The van der Waals surface area contributed by atoms with Gasteiger partial charge in [-0.15, -0.1) is 0 Å². The molecule has 0 bridgehead atoms. The summed E-state index contributed by atoms with van der Waals surface area (Å²) < 4.78 is 33.1. The lowest BCUT2D eigenvalue weighted by Crippen LogP contribution is -2.07. The van der Waals surface area contributed by atoms with Crippen molar-refractivity contribution < 1.29 is 18.6 Å². The molecule has 0 aromatic heterocycles. The van der Waals surface area contributed by atoms with E-state index in [2.05, 4.69) is 15.9 Å². The van der Waals surface area contributed by atoms with Crippen LogP contribution in [0.4, 0.5) is 8.78 Å². The van der Waals surface area contributed by atoms with E-state index in [4.69, 9.17) is 4.74 Å². The van der Waals surface area contributed by atoms with Crippen LogP contribution in [0.5, 0.6) is 5.75 Å². The first-order chi connectivity index (χ1) is 9.43. The first kappa shape index (κ1) is 14.9. The van der Waals surface area contributed by atoms with Crippen molar-refractivity contribution in [2.45, 2.75) is 13.0 Å². The zero-order valence-corrected chi connectivity index (χ0v) is 12.5. The molecule has 106 valence electrons. The molecule has 0 heterocycles. The minimum atomic E-state index is -1.37. The Bertz CT molecular complexity index is 621. The van der Waals surface area contributed by atoms with Crippen molar-refractivity contribution in [2.75, 3.05) is 7.11 Å². The molecule has 0 saturated heterocycles. The molecule has 0 aliphatic carbocycles. The summed E-state index contributed by atoms with van der Waals surface area (Å²) in [6.45, 7) is 1.75. The number of hydrogen-bond donors (Lipinski definition) is 1. The van der Waals surface area contributed by atoms with E-state index in [1.807, 2.05) is 0 Å². The van der Waals surface area contributed by atoms with Gasteiger partial charge in [0.05, 0.1) is 12.7 Å². The standard InChI is InChI=1S/C15H13BrF2O2/c1-8-5-10(20-2)3-4-11(8)15(19)14-12(17)6-9(16)7-13(14)18/h3-7,15,19H,1-2H3. The van der Waals surface area contributed by atoms with Crippen LogP contribution in [0, 0.1) is 18.6 Å². The molecular weight excluding hydrogens is 330 g/mol. The minimum absolute atomic E-state index is 0.287. The van der Waals surface area contributed by atoms with Gasteiger partial charge < -0.3 is 9.84 Å². The summed E-state index contributed by atoms with van der Waals surface area (Å²) in [6, 6.07) is 7.19. The second-order valence-corrected chi connectivity index (χ2v) is 5.32. The predicted molar refractivity (Wildman–Crippen MR) is 75.9 cm³/mol. The van der Waals surface area contributed by atoms with Crippen LogP contribution in [-0.2, 0) is 0 Å². The molecule has 0 radical (unpaired) electrons. The van der Waals surface area contributed by atoms with Crippen molar-refractivity contribution >= 4 is 15.9 Å². The predicted octanol–water partition coefficient (Wildman–Crippen LogP) is 4.13. The number of hydrogen-bond acceptors (Lipinski definition) is 2. The molecule has 0 saturated carbocycles. The third-order valence-electron chi connectivity index (χ3n) is 3.09. The van der Waals surface area contributed by atoms with Gasteiger partial charge >= 0.3 is 0 Å². The maximum atomic E-state index is 13.9. The lowest BCUT2D eigenvalue weighted by molar-refractivity contribution is 0.208. The van der Waals surface area contributed by atoms with Gasteiger partial charge in [-0.3, -0.25) is 0 Å². The van der Waals surface area contributed by atoms with Gasteiger partial charge in [0.1, 0.15) is 23.5 Å². The van der Waals surface area contributed by atoms with E-state index >= 15 is 0 Å². The highest BCUT2D eigenvalue weighted by Crippen LogP contribution is 2.32. The summed E-state index contributed by atoms with van der Waals surface area (Å²) in [5.74, 6) is -0.964. The van der Waals surface area contributed by atoms with Crippen LogP contribution in [0.25, 0.3) is 0 Å². The Hall–Kier alpha value is -1.46. The highest BCUT2D eigenvalue weighted by Gasteiger charge is 2.22. The van der Waals surface area contributed by atoms with Crippen molar-refractivity contribution in [1.82, 2.24) is 0 Å². The van der Waals surface area contributed by atoms with E-state index in [9.17, 15) is 13.9 Å². The number of halogens is 3. The Morgan fingerprint density at radius 3 is 2.25 bits per heavy atom. The van der Waals surface area contributed by atoms with Crippen LogP contribution in [0.3, 0.4) is 0 Å².